The van der Waals surface area contributed by atoms with Crippen molar-refractivity contribution in [3.63, 3.8) is 0 Å². The zero-order valence-corrected chi connectivity index (χ0v) is 13.8. The molecule has 1 aromatic heterocycles. The Balaban J connectivity index is 1.67. The number of anilines is 1. The number of pyridine rings is 1. The molecule has 0 spiro atoms. The molecule has 2 aromatic carbocycles. The summed E-state index contributed by atoms with van der Waals surface area (Å²) in [5.41, 5.74) is 1.74. The molecule has 0 aliphatic heterocycles. The van der Waals surface area contributed by atoms with Crippen molar-refractivity contribution in [3.05, 3.63) is 95.6 Å². The monoisotopic (exact) mass is 349 g/mol. The Hall–Kier alpha value is -3.54. The van der Waals surface area contributed by atoms with Crippen molar-refractivity contribution in [2.24, 2.45) is 0 Å². The van der Waals surface area contributed by atoms with Crippen molar-refractivity contribution in [2.75, 3.05) is 5.32 Å². The zero-order chi connectivity index (χ0) is 18.4. The van der Waals surface area contributed by atoms with E-state index in [4.69, 9.17) is 0 Å². The molecular weight excluding hydrogens is 333 g/mol. The highest BCUT2D eigenvalue weighted by molar-refractivity contribution is 6.06. The molecule has 3 rings (SSSR count). The van der Waals surface area contributed by atoms with Gasteiger partial charge in [-0.25, -0.2) is 4.39 Å². The summed E-state index contributed by atoms with van der Waals surface area (Å²) in [6.45, 7) is 0.291. The molecule has 0 aliphatic rings. The van der Waals surface area contributed by atoms with Crippen LogP contribution in [0.2, 0.25) is 0 Å². The SMILES string of the molecule is O=C(NCc1ccccn1)c1cccc(C(=O)Nc2cccc(F)c2)c1. The minimum Gasteiger partial charge on any atom is -0.346 e. The molecule has 0 saturated heterocycles. The molecule has 130 valence electrons. The minimum atomic E-state index is -0.439. The lowest BCUT2D eigenvalue weighted by Gasteiger charge is -2.08. The van der Waals surface area contributed by atoms with Gasteiger partial charge in [-0.3, -0.25) is 14.6 Å². The smallest absolute Gasteiger partial charge is 0.255 e. The summed E-state index contributed by atoms with van der Waals surface area (Å²) in [4.78, 5) is 28.7. The molecule has 2 N–H and O–H groups in total. The van der Waals surface area contributed by atoms with Crippen molar-refractivity contribution < 1.29 is 14.0 Å². The minimum absolute atomic E-state index is 0.291. The Morgan fingerprint density at radius 1 is 0.885 bits per heavy atom. The van der Waals surface area contributed by atoms with Gasteiger partial charge in [0.05, 0.1) is 12.2 Å². The van der Waals surface area contributed by atoms with Crippen LogP contribution in [0.4, 0.5) is 10.1 Å². The van der Waals surface area contributed by atoms with Crippen LogP contribution in [-0.4, -0.2) is 16.8 Å². The van der Waals surface area contributed by atoms with Crippen molar-refractivity contribution in [1.82, 2.24) is 10.3 Å². The van der Waals surface area contributed by atoms with Gasteiger partial charge in [-0.15, -0.1) is 0 Å². The predicted octanol–water partition coefficient (Wildman–Crippen LogP) is 3.40. The van der Waals surface area contributed by atoms with Crippen molar-refractivity contribution in [2.45, 2.75) is 6.54 Å². The van der Waals surface area contributed by atoms with Gasteiger partial charge in [0.25, 0.3) is 11.8 Å². The van der Waals surface area contributed by atoms with E-state index in [1.165, 1.54) is 24.3 Å². The second kappa shape index (κ2) is 8.02. The maximum Gasteiger partial charge on any atom is 0.255 e. The predicted molar refractivity (Wildman–Crippen MR) is 96.2 cm³/mol. The largest absolute Gasteiger partial charge is 0.346 e. The van der Waals surface area contributed by atoms with Gasteiger partial charge < -0.3 is 10.6 Å². The number of hydrogen-bond donors (Lipinski definition) is 2. The summed E-state index contributed by atoms with van der Waals surface area (Å²) in [5, 5.41) is 5.36. The van der Waals surface area contributed by atoms with Crippen LogP contribution in [0.1, 0.15) is 26.4 Å². The molecule has 2 amide bonds. The van der Waals surface area contributed by atoms with E-state index in [2.05, 4.69) is 15.6 Å². The van der Waals surface area contributed by atoms with Gasteiger partial charge in [-0.1, -0.05) is 18.2 Å². The molecule has 0 bridgehead atoms. The van der Waals surface area contributed by atoms with Crippen LogP contribution < -0.4 is 10.6 Å². The van der Waals surface area contributed by atoms with Crippen molar-refractivity contribution >= 4 is 17.5 Å². The third-order valence-corrected chi connectivity index (χ3v) is 3.63. The molecule has 1 heterocycles. The van der Waals surface area contributed by atoms with Gasteiger partial charge >= 0.3 is 0 Å². The topological polar surface area (TPSA) is 71.1 Å². The third-order valence-electron chi connectivity index (χ3n) is 3.63. The lowest BCUT2D eigenvalue weighted by atomic mass is 10.1. The second-order valence-electron chi connectivity index (χ2n) is 5.55. The van der Waals surface area contributed by atoms with Gasteiger partial charge in [0.15, 0.2) is 0 Å². The molecule has 6 heteroatoms. The maximum atomic E-state index is 13.2. The van der Waals surface area contributed by atoms with Gasteiger partial charge in [0, 0.05) is 23.0 Å². The Morgan fingerprint density at radius 2 is 1.65 bits per heavy atom. The Labute approximate surface area is 149 Å². The number of carbonyl (C=O) groups excluding carboxylic acids is 2. The summed E-state index contributed by atoms with van der Waals surface area (Å²) in [5.74, 6) is -1.17. The van der Waals surface area contributed by atoms with Gasteiger partial charge in [-0.05, 0) is 48.5 Å². The van der Waals surface area contributed by atoms with Crippen LogP contribution in [0.15, 0.2) is 72.9 Å². The lowest BCUT2D eigenvalue weighted by molar-refractivity contribution is 0.0950. The van der Waals surface area contributed by atoms with Crippen LogP contribution in [0.25, 0.3) is 0 Å². The number of hydrogen-bond acceptors (Lipinski definition) is 3. The van der Waals surface area contributed by atoms with E-state index in [1.807, 2.05) is 12.1 Å². The number of carbonyl (C=O) groups is 2. The quantitative estimate of drug-likeness (QED) is 0.742. The first kappa shape index (κ1) is 17.3. The number of rotatable bonds is 5. The average molecular weight is 349 g/mol. The molecule has 0 fully saturated rings. The van der Waals surface area contributed by atoms with Crippen molar-refractivity contribution in [3.8, 4) is 0 Å². The number of nitrogens with one attached hydrogen (secondary N) is 2. The highest BCUT2D eigenvalue weighted by Gasteiger charge is 2.11. The molecule has 0 saturated carbocycles. The summed E-state index contributed by atoms with van der Waals surface area (Å²) in [6, 6.07) is 17.4. The molecule has 0 unspecified atom stereocenters. The normalized spacial score (nSPS) is 10.2. The molecule has 5 nitrogen and oxygen atoms in total. The summed E-state index contributed by atoms with van der Waals surface area (Å²) >= 11 is 0. The number of nitrogens with zero attached hydrogens (tertiary/aromatic N) is 1. The van der Waals surface area contributed by atoms with Crippen LogP contribution in [0.3, 0.4) is 0 Å². The summed E-state index contributed by atoms with van der Waals surface area (Å²) in [6.07, 6.45) is 1.65. The molecule has 26 heavy (non-hydrogen) atoms. The van der Waals surface area contributed by atoms with E-state index < -0.39 is 11.7 Å². The van der Waals surface area contributed by atoms with Crippen molar-refractivity contribution in [1.29, 1.82) is 0 Å². The van der Waals surface area contributed by atoms with Crippen LogP contribution in [-0.2, 0) is 6.54 Å². The van der Waals surface area contributed by atoms with E-state index in [9.17, 15) is 14.0 Å². The molecule has 3 aromatic rings. The van der Waals surface area contributed by atoms with Gasteiger partial charge in [0.2, 0.25) is 0 Å². The maximum absolute atomic E-state index is 13.2. The highest BCUT2D eigenvalue weighted by atomic mass is 19.1. The first-order chi connectivity index (χ1) is 12.6. The van der Waals surface area contributed by atoms with E-state index in [-0.39, 0.29) is 5.91 Å². The Kier molecular flexibility index (Phi) is 5.34. The summed E-state index contributed by atoms with van der Waals surface area (Å²) < 4.78 is 13.2. The van der Waals surface area contributed by atoms with Gasteiger partial charge in [-0.2, -0.15) is 0 Å². The van der Waals surface area contributed by atoms with E-state index in [0.29, 0.717) is 23.4 Å². The number of amides is 2. The molecule has 0 radical (unpaired) electrons. The first-order valence-corrected chi connectivity index (χ1v) is 7.97. The van der Waals surface area contributed by atoms with Crippen LogP contribution in [0.5, 0.6) is 0 Å². The van der Waals surface area contributed by atoms with E-state index in [0.717, 1.165) is 5.69 Å². The molecule has 0 aliphatic carbocycles. The number of benzene rings is 2. The number of halogens is 1. The molecular formula is C20H16FN3O2. The van der Waals surface area contributed by atoms with E-state index in [1.54, 1.807) is 36.5 Å². The fourth-order valence-corrected chi connectivity index (χ4v) is 2.35. The number of aromatic nitrogens is 1. The first-order valence-electron chi connectivity index (χ1n) is 7.97. The highest BCUT2D eigenvalue weighted by Crippen LogP contribution is 2.12. The van der Waals surface area contributed by atoms with Crippen LogP contribution >= 0.6 is 0 Å². The third kappa shape index (κ3) is 4.51. The zero-order valence-electron chi connectivity index (χ0n) is 13.8. The fourth-order valence-electron chi connectivity index (χ4n) is 2.35. The Bertz CT molecular complexity index is 929. The van der Waals surface area contributed by atoms with Crippen LogP contribution in [0, 0.1) is 5.82 Å². The van der Waals surface area contributed by atoms with Gasteiger partial charge in [0.1, 0.15) is 5.82 Å². The molecule has 0 atom stereocenters. The average Bonchev–Trinajstić information content (AvgIpc) is 2.67. The lowest BCUT2D eigenvalue weighted by Crippen LogP contribution is -2.23. The Morgan fingerprint density at radius 3 is 2.38 bits per heavy atom. The fraction of sp³-hybridized carbons (Fsp3) is 0.0500. The van der Waals surface area contributed by atoms with E-state index >= 15 is 0 Å². The second-order valence-corrected chi connectivity index (χ2v) is 5.55. The summed E-state index contributed by atoms with van der Waals surface area (Å²) in [7, 11) is 0. The standard InChI is InChI=1S/C20H16FN3O2/c21-16-7-4-9-17(12-16)24-20(26)15-6-3-5-14(11-15)19(25)23-13-18-8-1-2-10-22-18/h1-12H,13H2,(H,23,25)(H,24,26).